The zero-order chi connectivity index (χ0) is 13.7. The zero-order valence-electron chi connectivity index (χ0n) is 11.2. The summed E-state index contributed by atoms with van der Waals surface area (Å²) in [6, 6.07) is 5.81. The van der Waals surface area contributed by atoms with Gasteiger partial charge in [0, 0.05) is 19.6 Å². The quantitative estimate of drug-likeness (QED) is 0.869. The van der Waals surface area contributed by atoms with Crippen molar-refractivity contribution in [1.82, 2.24) is 4.90 Å². The number of rotatable bonds is 4. The lowest BCUT2D eigenvalue weighted by Gasteiger charge is -2.26. The number of amides is 1. The molecule has 0 atom stereocenters. The Labute approximate surface area is 113 Å². The summed E-state index contributed by atoms with van der Waals surface area (Å²) in [5, 5.41) is 0. The molecule has 1 heterocycles. The number of carbonyl (C=O) groups excluding carboxylic acids is 1. The van der Waals surface area contributed by atoms with E-state index >= 15 is 0 Å². The summed E-state index contributed by atoms with van der Waals surface area (Å²) in [5.74, 6) is 0.727. The molecule has 5 nitrogen and oxygen atoms in total. The van der Waals surface area contributed by atoms with E-state index in [0.717, 1.165) is 16.9 Å². The van der Waals surface area contributed by atoms with E-state index in [2.05, 4.69) is 0 Å². The molecule has 0 radical (unpaired) electrons. The Morgan fingerprint density at radius 1 is 1.42 bits per heavy atom. The molecule has 0 aromatic heterocycles. The van der Waals surface area contributed by atoms with Crippen molar-refractivity contribution in [3.8, 4) is 5.75 Å². The van der Waals surface area contributed by atoms with Crippen LogP contribution in [0.15, 0.2) is 18.2 Å². The topological polar surface area (TPSA) is 64.8 Å². The maximum absolute atomic E-state index is 12.0. The Morgan fingerprint density at radius 3 is 2.84 bits per heavy atom. The molecule has 1 fully saturated rings. The lowest BCUT2D eigenvalue weighted by molar-refractivity contribution is -0.137. The number of hydrogen-bond donors (Lipinski definition) is 1. The molecule has 0 spiro atoms. The van der Waals surface area contributed by atoms with Gasteiger partial charge in [-0.3, -0.25) is 4.79 Å². The third-order valence-corrected chi connectivity index (χ3v) is 3.20. The van der Waals surface area contributed by atoms with Gasteiger partial charge in [-0.05, 0) is 24.1 Å². The van der Waals surface area contributed by atoms with E-state index in [9.17, 15) is 4.79 Å². The number of aryl methyl sites for hydroxylation is 1. The molecule has 2 rings (SSSR count). The molecule has 0 bridgehead atoms. The van der Waals surface area contributed by atoms with E-state index in [-0.39, 0.29) is 12.5 Å². The van der Waals surface area contributed by atoms with Crippen LogP contribution < -0.4 is 10.5 Å². The molecule has 104 valence electrons. The fourth-order valence-electron chi connectivity index (χ4n) is 1.97. The van der Waals surface area contributed by atoms with Gasteiger partial charge in [-0.2, -0.15) is 0 Å². The zero-order valence-corrected chi connectivity index (χ0v) is 11.2. The highest BCUT2D eigenvalue weighted by Gasteiger charge is 2.17. The van der Waals surface area contributed by atoms with Crippen LogP contribution in [0.5, 0.6) is 5.75 Å². The van der Waals surface area contributed by atoms with E-state index in [1.165, 1.54) is 0 Å². The first-order chi connectivity index (χ1) is 9.20. The van der Waals surface area contributed by atoms with Crippen molar-refractivity contribution < 1.29 is 14.3 Å². The maximum Gasteiger partial charge on any atom is 0.260 e. The van der Waals surface area contributed by atoms with Gasteiger partial charge in [-0.1, -0.05) is 12.1 Å². The average Bonchev–Trinajstić information content (AvgIpc) is 2.47. The Kier molecular flexibility index (Phi) is 4.76. The van der Waals surface area contributed by atoms with Crippen molar-refractivity contribution in [1.29, 1.82) is 0 Å². The van der Waals surface area contributed by atoms with Gasteiger partial charge < -0.3 is 20.1 Å². The second kappa shape index (κ2) is 6.54. The minimum Gasteiger partial charge on any atom is -0.483 e. The highest BCUT2D eigenvalue weighted by Crippen LogP contribution is 2.19. The summed E-state index contributed by atoms with van der Waals surface area (Å²) in [5.41, 5.74) is 7.60. The highest BCUT2D eigenvalue weighted by molar-refractivity contribution is 5.77. The predicted molar refractivity (Wildman–Crippen MR) is 72.0 cm³/mol. The van der Waals surface area contributed by atoms with Crippen LogP contribution in [0.25, 0.3) is 0 Å². The predicted octanol–water partition coefficient (Wildman–Crippen LogP) is 0.691. The van der Waals surface area contributed by atoms with Crippen LogP contribution >= 0.6 is 0 Å². The molecule has 0 aliphatic carbocycles. The fraction of sp³-hybridized carbons (Fsp3) is 0.500. The lowest BCUT2D eigenvalue weighted by Crippen LogP contribution is -2.43. The molecule has 19 heavy (non-hydrogen) atoms. The van der Waals surface area contributed by atoms with Crippen LogP contribution in [0.4, 0.5) is 0 Å². The van der Waals surface area contributed by atoms with Gasteiger partial charge in [0.2, 0.25) is 0 Å². The van der Waals surface area contributed by atoms with Crippen molar-refractivity contribution >= 4 is 5.91 Å². The minimum atomic E-state index is 0.000788. The van der Waals surface area contributed by atoms with Gasteiger partial charge in [0.1, 0.15) is 5.75 Å². The molecule has 5 heteroatoms. The fourth-order valence-corrected chi connectivity index (χ4v) is 1.97. The monoisotopic (exact) mass is 264 g/mol. The number of hydrogen-bond acceptors (Lipinski definition) is 4. The summed E-state index contributed by atoms with van der Waals surface area (Å²) in [6.45, 7) is 4.98. The average molecular weight is 264 g/mol. The van der Waals surface area contributed by atoms with Crippen LogP contribution in [0.1, 0.15) is 11.1 Å². The summed E-state index contributed by atoms with van der Waals surface area (Å²) in [7, 11) is 0. The number of ether oxygens (including phenoxy) is 2. The van der Waals surface area contributed by atoms with Gasteiger partial charge in [0.15, 0.2) is 6.61 Å². The normalized spacial score (nSPS) is 15.4. The molecular weight excluding hydrogens is 244 g/mol. The van der Waals surface area contributed by atoms with E-state index in [4.69, 9.17) is 15.2 Å². The number of benzene rings is 1. The van der Waals surface area contributed by atoms with Gasteiger partial charge in [-0.25, -0.2) is 0 Å². The van der Waals surface area contributed by atoms with Crippen LogP contribution in [0.3, 0.4) is 0 Å². The first-order valence-electron chi connectivity index (χ1n) is 6.48. The largest absolute Gasteiger partial charge is 0.483 e. The number of nitrogens with zero attached hydrogens (tertiary/aromatic N) is 1. The van der Waals surface area contributed by atoms with Crippen LogP contribution in [0.2, 0.25) is 0 Å². The first kappa shape index (κ1) is 13.8. The number of morpholine rings is 1. The first-order valence-corrected chi connectivity index (χ1v) is 6.48. The Morgan fingerprint density at radius 2 is 2.16 bits per heavy atom. The van der Waals surface area contributed by atoms with Crippen molar-refractivity contribution in [3.05, 3.63) is 29.3 Å². The summed E-state index contributed by atoms with van der Waals surface area (Å²) < 4.78 is 10.8. The Balaban J connectivity index is 1.92. The summed E-state index contributed by atoms with van der Waals surface area (Å²) in [4.78, 5) is 13.7. The standard InChI is InChI=1S/C14H20N2O3/c1-11-2-3-12(9-15)8-13(11)19-10-14(17)16-4-6-18-7-5-16/h2-3,8H,4-7,9-10,15H2,1H3. The van der Waals surface area contributed by atoms with E-state index in [1.54, 1.807) is 4.90 Å². The van der Waals surface area contributed by atoms with Crippen molar-refractivity contribution in [3.63, 3.8) is 0 Å². The summed E-state index contributed by atoms with van der Waals surface area (Å²) >= 11 is 0. The maximum atomic E-state index is 12.0. The Hall–Kier alpha value is -1.59. The smallest absolute Gasteiger partial charge is 0.260 e. The highest BCUT2D eigenvalue weighted by atomic mass is 16.5. The van der Waals surface area contributed by atoms with Crippen LogP contribution in [0, 0.1) is 6.92 Å². The van der Waals surface area contributed by atoms with Crippen LogP contribution in [-0.4, -0.2) is 43.7 Å². The van der Waals surface area contributed by atoms with Crippen LogP contribution in [-0.2, 0) is 16.1 Å². The molecule has 1 saturated heterocycles. The third-order valence-electron chi connectivity index (χ3n) is 3.20. The number of carbonyl (C=O) groups is 1. The second-order valence-electron chi connectivity index (χ2n) is 4.59. The second-order valence-corrected chi connectivity index (χ2v) is 4.59. The molecule has 1 amide bonds. The molecule has 1 aliphatic rings. The SMILES string of the molecule is Cc1ccc(CN)cc1OCC(=O)N1CCOCC1. The molecule has 1 aromatic rings. The van der Waals surface area contributed by atoms with E-state index < -0.39 is 0 Å². The van der Waals surface area contributed by atoms with Gasteiger partial charge >= 0.3 is 0 Å². The minimum absolute atomic E-state index is 0.000788. The molecule has 1 aliphatic heterocycles. The molecule has 0 unspecified atom stereocenters. The lowest BCUT2D eigenvalue weighted by atomic mass is 10.1. The summed E-state index contributed by atoms with van der Waals surface area (Å²) in [6.07, 6.45) is 0. The molecule has 0 saturated carbocycles. The van der Waals surface area contributed by atoms with Gasteiger partial charge in [-0.15, -0.1) is 0 Å². The van der Waals surface area contributed by atoms with Crippen molar-refractivity contribution in [2.24, 2.45) is 5.73 Å². The number of nitrogens with two attached hydrogens (primary N) is 1. The van der Waals surface area contributed by atoms with Crippen molar-refractivity contribution in [2.75, 3.05) is 32.9 Å². The van der Waals surface area contributed by atoms with Crippen molar-refractivity contribution in [2.45, 2.75) is 13.5 Å². The molecule has 1 aromatic carbocycles. The van der Waals surface area contributed by atoms with Gasteiger partial charge in [0.05, 0.1) is 13.2 Å². The molecule has 2 N–H and O–H groups in total. The molecular formula is C14H20N2O3. The van der Waals surface area contributed by atoms with E-state index in [0.29, 0.717) is 32.8 Å². The van der Waals surface area contributed by atoms with E-state index in [1.807, 2.05) is 25.1 Å². The third kappa shape index (κ3) is 3.68. The Bertz CT molecular complexity index is 442. The van der Waals surface area contributed by atoms with Gasteiger partial charge in [0.25, 0.3) is 5.91 Å².